The minimum atomic E-state index is -1.38. The van der Waals surface area contributed by atoms with Crippen LogP contribution in [-0.4, -0.2) is 75.6 Å². The molecule has 4 atom stereocenters. The van der Waals surface area contributed by atoms with E-state index in [0.29, 0.717) is 11.3 Å². The van der Waals surface area contributed by atoms with Crippen molar-refractivity contribution < 1.29 is 38.6 Å². The number of imidazole rings is 1. The Kier molecular flexibility index (Phi) is 15.5. The molecule has 5 aromatic rings. The van der Waals surface area contributed by atoms with Crippen molar-refractivity contribution in [3.63, 3.8) is 0 Å². The SMILES string of the molecule is CC(C)C[C@H](NC(=O)[C@@H](Cc1cnc[nH]1)NC(=O)[C@@H](Cc1cccc2ccccc12)NC(=O)OCc1ccccc1)[C@@H](O)CC(=O)OCC(=O)c1ccc(Br)cc1. The van der Waals surface area contributed by atoms with E-state index in [-0.39, 0.29) is 31.8 Å². The molecule has 0 radical (unpaired) electrons. The Balaban J connectivity index is 1.31. The first-order chi connectivity index (χ1) is 27.4. The fourth-order valence-electron chi connectivity index (χ4n) is 6.25. The monoisotopic (exact) mass is 839 g/mol. The molecule has 13 nitrogen and oxygen atoms in total. The van der Waals surface area contributed by atoms with Crippen LogP contribution in [0.1, 0.15) is 53.9 Å². The van der Waals surface area contributed by atoms with E-state index in [9.17, 15) is 29.1 Å². The molecule has 57 heavy (non-hydrogen) atoms. The lowest BCUT2D eigenvalue weighted by molar-refractivity contribution is -0.145. The number of hydrogen-bond donors (Lipinski definition) is 5. The van der Waals surface area contributed by atoms with Gasteiger partial charge in [0.1, 0.15) is 18.7 Å². The van der Waals surface area contributed by atoms with E-state index in [0.717, 1.165) is 26.4 Å². The molecule has 0 bridgehead atoms. The van der Waals surface area contributed by atoms with Crippen LogP contribution in [0.2, 0.25) is 0 Å². The number of aromatic amines is 1. The molecule has 14 heteroatoms. The van der Waals surface area contributed by atoms with Crippen LogP contribution in [0.25, 0.3) is 10.8 Å². The summed E-state index contributed by atoms with van der Waals surface area (Å²) >= 11 is 3.31. The summed E-state index contributed by atoms with van der Waals surface area (Å²) in [6.45, 7) is 3.26. The number of aliphatic hydroxyl groups excluding tert-OH is 1. The van der Waals surface area contributed by atoms with Gasteiger partial charge in [0.2, 0.25) is 11.8 Å². The first-order valence-corrected chi connectivity index (χ1v) is 19.4. The Hall–Kier alpha value is -5.86. The third kappa shape index (κ3) is 13.1. The second-order valence-electron chi connectivity index (χ2n) is 14.1. The number of aliphatic hydroxyl groups is 1. The topological polar surface area (TPSA) is 189 Å². The fourth-order valence-corrected chi connectivity index (χ4v) is 6.51. The number of carbonyl (C=O) groups is 5. The molecule has 298 valence electrons. The van der Waals surface area contributed by atoms with Gasteiger partial charge in [0.15, 0.2) is 12.4 Å². The number of fused-ring (bicyclic) bond motifs is 1. The van der Waals surface area contributed by atoms with E-state index in [1.54, 1.807) is 24.3 Å². The highest BCUT2D eigenvalue weighted by molar-refractivity contribution is 9.10. The van der Waals surface area contributed by atoms with Gasteiger partial charge in [-0.15, -0.1) is 0 Å². The summed E-state index contributed by atoms with van der Waals surface area (Å²) in [5.41, 5.74) is 2.45. The molecule has 4 aromatic carbocycles. The van der Waals surface area contributed by atoms with Crippen molar-refractivity contribution in [2.24, 2.45) is 5.92 Å². The van der Waals surface area contributed by atoms with Crippen LogP contribution >= 0.6 is 15.9 Å². The van der Waals surface area contributed by atoms with Gasteiger partial charge in [-0.1, -0.05) is 115 Å². The lowest BCUT2D eigenvalue weighted by atomic mass is 9.96. The second kappa shape index (κ2) is 20.9. The van der Waals surface area contributed by atoms with E-state index in [2.05, 4.69) is 41.8 Å². The minimum absolute atomic E-state index is 0.0122. The van der Waals surface area contributed by atoms with Gasteiger partial charge in [-0.3, -0.25) is 19.2 Å². The number of Topliss-reactive ketones (excluding diaryl/α,β-unsaturated/α-hetero) is 1. The molecule has 0 unspecified atom stereocenters. The van der Waals surface area contributed by atoms with E-state index < -0.39 is 66.9 Å². The lowest BCUT2D eigenvalue weighted by Crippen LogP contribution is -2.57. The number of aromatic nitrogens is 2. The molecule has 0 fully saturated rings. The first kappa shape index (κ1) is 42.3. The van der Waals surface area contributed by atoms with E-state index >= 15 is 0 Å². The van der Waals surface area contributed by atoms with Gasteiger partial charge in [-0.2, -0.15) is 0 Å². The van der Waals surface area contributed by atoms with Crippen molar-refractivity contribution in [1.29, 1.82) is 0 Å². The molecule has 0 spiro atoms. The molecular weight excluding hydrogens is 794 g/mol. The van der Waals surface area contributed by atoms with Crippen LogP contribution in [0.5, 0.6) is 0 Å². The van der Waals surface area contributed by atoms with Crippen molar-refractivity contribution in [1.82, 2.24) is 25.9 Å². The van der Waals surface area contributed by atoms with Gasteiger partial charge >= 0.3 is 12.1 Å². The average molecular weight is 841 g/mol. The summed E-state index contributed by atoms with van der Waals surface area (Å²) in [6.07, 6.45) is 0.611. The van der Waals surface area contributed by atoms with Crippen molar-refractivity contribution in [2.45, 2.75) is 70.4 Å². The van der Waals surface area contributed by atoms with Gasteiger partial charge in [-0.05, 0) is 46.4 Å². The Bertz CT molecular complexity index is 2110. The zero-order valence-corrected chi connectivity index (χ0v) is 33.2. The number of ketones is 1. The number of alkyl carbamates (subject to hydrolysis) is 1. The smallest absolute Gasteiger partial charge is 0.408 e. The maximum absolute atomic E-state index is 14.2. The Morgan fingerprint density at radius 3 is 2.19 bits per heavy atom. The lowest BCUT2D eigenvalue weighted by Gasteiger charge is -2.28. The van der Waals surface area contributed by atoms with Crippen LogP contribution in [0.4, 0.5) is 4.79 Å². The number of amides is 3. The maximum atomic E-state index is 14.2. The number of carbonyl (C=O) groups excluding carboxylic acids is 5. The maximum Gasteiger partial charge on any atom is 0.408 e. The number of esters is 1. The summed E-state index contributed by atoms with van der Waals surface area (Å²) in [5, 5.41) is 21.4. The fraction of sp³-hybridized carbons (Fsp3) is 0.302. The molecule has 5 N–H and O–H groups in total. The summed E-state index contributed by atoms with van der Waals surface area (Å²) in [7, 11) is 0. The van der Waals surface area contributed by atoms with Gasteiger partial charge in [0.05, 0.1) is 24.9 Å². The predicted molar refractivity (Wildman–Crippen MR) is 217 cm³/mol. The molecule has 0 saturated heterocycles. The summed E-state index contributed by atoms with van der Waals surface area (Å²) in [6, 6.07) is 25.8. The number of ether oxygens (including phenoxy) is 2. The molecule has 0 aliphatic heterocycles. The molecule has 1 heterocycles. The predicted octanol–water partition coefficient (Wildman–Crippen LogP) is 5.60. The zero-order valence-electron chi connectivity index (χ0n) is 31.7. The van der Waals surface area contributed by atoms with Gasteiger partial charge < -0.3 is 35.5 Å². The number of hydrogen-bond acceptors (Lipinski definition) is 9. The Morgan fingerprint density at radius 1 is 0.789 bits per heavy atom. The van der Waals surface area contributed by atoms with E-state index in [4.69, 9.17) is 9.47 Å². The highest BCUT2D eigenvalue weighted by Crippen LogP contribution is 2.21. The number of nitrogens with zero attached hydrogens (tertiary/aromatic N) is 1. The van der Waals surface area contributed by atoms with E-state index in [1.807, 2.05) is 86.6 Å². The van der Waals surface area contributed by atoms with Crippen LogP contribution in [0.3, 0.4) is 0 Å². The second-order valence-corrected chi connectivity index (χ2v) is 15.0. The molecule has 0 aliphatic rings. The summed E-state index contributed by atoms with van der Waals surface area (Å²) in [5.74, 6) is -2.54. The van der Waals surface area contributed by atoms with Crippen LogP contribution in [-0.2, 0) is 43.3 Å². The van der Waals surface area contributed by atoms with Crippen LogP contribution < -0.4 is 16.0 Å². The van der Waals surface area contributed by atoms with Crippen molar-refractivity contribution >= 4 is 56.4 Å². The number of rotatable bonds is 19. The standard InChI is InChI=1S/C43H46BrN5O8/c1-27(2)19-35(38(50)22-40(52)56-25-39(51)30-15-17-32(44)18-16-30)47-42(54)37(21-33-23-45-26-46-33)48-41(53)36(49-43(55)57-24-28-9-4-3-5-10-28)20-31-13-8-12-29-11-6-7-14-34(29)31/h3-18,23,26-27,35-38,50H,19-22,24-25H2,1-2H3,(H,45,46)(H,47,54)(H,48,53)(H,49,55)/t35-,36+,37+,38-/m0/s1. The summed E-state index contributed by atoms with van der Waals surface area (Å²) in [4.78, 5) is 73.7. The Morgan fingerprint density at radius 2 is 1.47 bits per heavy atom. The van der Waals surface area contributed by atoms with Gasteiger partial charge in [0, 0.05) is 34.8 Å². The third-order valence-corrected chi connectivity index (χ3v) is 9.69. The van der Waals surface area contributed by atoms with Crippen molar-refractivity contribution in [2.75, 3.05) is 6.61 Å². The minimum Gasteiger partial charge on any atom is -0.457 e. The molecular formula is C43H46BrN5O8. The quantitative estimate of drug-likeness (QED) is 0.0521. The zero-order chi connectivity index (χ0) is 40.7. The highest BCUT2D eigenvalue weighted by atomic mass is 79.9. The van der Waals surface area contributed by atoms with Crippen LogP contribution in [0, 0.1) is 5.92 Å². The third-order valence-electron chi connectivity index (χ3n) is 9.16. The normalized spacial score (nSPS) is 13.2. The van der Waals surface area contributed by atoms with Crippen molar-refractivity contribution in [3.8, 4) is 0 Å². The largest absolute Gasteiger partial charge is 0.457 e. The number of nitrogens with one attached hydrogen (secondary N) is 4. The Labute approximate surface area is 339 Å². The van der Waals surface area contributed by atoms with E-state index in [1.165, 1.54) is 12.5 Å². The van der Waals surface area contributed by atoms with Crippen molar-refractivity contribution in [3.05, 3.63) is 136 Å². The first-order valence-electron chi connectivity index (χ1n) is 18.6. The molecule has 0 aliphatic carbocycles. The van der Waals surface area contributed by atoms with Gasteiger partial charge in [0.25, 0.3) is 0 Å². The molecule has 5 rings (SSSR count). The number of H-pyrrole nitrogens is 1. The highest BCUT2D eigenvalue weighted by Gasteiger charge is 2.32. The number of halogens is 1. The number of benzene rings is 4. The molecule has 0 saturated carbocycles. The average Bonchev–Trinajstić information content (AvgIpc) is 3.72. The van der Waals surface area contributed by atoms with Gasteiger partial charge in [-0.25, -0.2) is 9.78 Å². The molecule has 3 amide bonds. The van der Waals surface area contributed by atoms with Crippen LogP contribution in [0.15, 0.2) is 114 Å². The summed E-state index contributed by atoms with van der Waals surface area (Å²) < 4.78 is 11.4. The molecule has 1 aromatic heterocycles.